The third-order valence-corrected chi connectivity index (χ3v) is 1.78. The Kier molecular flexibility index (Phi) is 1.39. The summed E-state index contributed by atoms with van der Waals surface area (Å²) in [5, 5.41) is 0. The van der Waals surface area contributed by atoms with Crippen LogP contribution in [0.4, 0.5) is 0 Å². The Labute approximate surface area is 50.9 Å². The molecule has 0 saturated carbocycles. The minimum atomic E-state index is -0.236. The molecule has 0 amide bonds. The number of nitrogens with zero attached hydrogens (tertiary/aromatic N) is 1. The number of rotatable bonds is 0. The predicted molar refractivity (Wildman–Crippen MR) is 33.9 cm³/mol. The molecule has 0 aliphatic carbocycles. The highest BCUT2D eigenvalue weighted by Crippen LogP contribution is 2.20. The molecule has 1 unspecified atom stereocenters. The van der Waals surface area contributed by atoms with Gasteiger partial charge in [-0.1, -0.05) is 0 Å². The van der Waals surface area contributed by atoms with Crippen LogP contribution in [0.1, 0.15) is 0 Å². The third-order valence-electron chi connectivity index (χ3n) is 0.584. The second kappa shape index (κ2) is 1.88. The Hall–Kier alpha value is 0.0400. The molecule has 0 aromatic heterocycles. The van der Waals surface area contributed by atoms with E-state index < -0.39 is 0 Å². The molecule has 1 aliphatic rings. The van der Waals surface area contributed by atoms with Crippen molar-refractivity contribution in [2.75, 3.05) is 0 Å². The van der Waals surface area contributed by atoms with Crippen LogP contribution in [0.25, 0.3) is 0 Å². The molecule has 1 rings (SSSR count). The van der Waals surface area contributed by atoms with Crippen molar-refractivity contribution in [1.82, 2.24) is 0 Å². The van der Waals surface area contributed by atoms with Gasteiger partial charge in [0.05, 0.1) is 6.21 Å². The SMILES string of the molecule is O=C1C=NSC1S. The number of hydrogen-bond acceptors (Lipinski definition) is 4. The highest BCUT2D eigenvalue weighted by Gasteiger charge is 2.16. The smallest absolute Gasteiger partial charge is 0.199 e. The van der Waals surface area contributed by atoms with Crippen LogP contribution in [-0.4, -0.2) is 16.6 Å². The van der Waals surface area contributed by atoms with E-state index in [1.54, 1.807) is 0 Å². The lowest BCUT2D eigenvalue weighted by atomic mass is 10.5. The first kappa shape index (κ1) is 5.18. The monoisotopic (exact) mass is 133 g/mol. The van der Waals surface area contributed by atoms with E-state index in [0.29, 0.717) is 0 Å². The maximum absolute atomic E-state index is 10.3. The second-order valence-corrected chi connectivity index (χ2v) is 2.85. The van der Waals surface area contributed by atoms with Crippen molar-refractivity contribution in [2.45, 2.75) is 4.58 Å². The molecule has 2 nitrogen and oxygen atoms in total. The summed E-state index contributed by atoms with van der Waals surface area (Å²) in [4.78, 5) is 10.3. The molecule has 0 N–H and O–H groups in total. The Balaban J connectivity index is 2.62. The van der Waals surface area contributed by atoms with Gasteiger partial charge in [-0.3, -0.25) is 4.79 Å². The molecular weight excluding hydrogens is 130 g/mol. The van der Waals surface area contributed by atoms with Gasteiger partial charge in [0.2, 0.25) is 0 Å². The van der Waals surface area contributed by atoms with Gasteiger partial charge in [-0.25, -0.2) is 4.40 Å². The van der Waals surface area contributed by atoms with Gasteiger partial charge in [0, 0.05) is 0 Å². The maximum atomic E-state index is 10.3. The molecule has 0 radical (unpaired) electrons. The average Bonchev–Trinajstić information content (AvgIpc) is 1.91. The number of Topliss-reactive ketones (excluding diaryl/α,β-unsaturated/α-hetero) is 1. The minimum Gasteiger partial charge on any atom is -0.291 e. The largest absolute Gasteiger partial charge is 0.291 e. The second-order valence-electron chi connectivity index (χ2n) is 1.09. The van der Waals surface area contributed by atoms with Crippen LogP contribution in [0, 0.1) is 0 Å². The standard InChI is InChI=1S/C3H3NOS2/c5-2-1-4-7-3(2)6/h1,3,6H. The zero-order valence-corrected chi connectivity index (χ0v) is 5.08. The summed E-state index contributed by atoms with van der Waals surface area (Å²) in [5.41, 5.74) is 0. The van der Waals surface area contributed by atoms with Gasteiger partial charge in [-0.05, 0) is 11.9 Å². The first-order valence-electron chi connectivity index (χ1n) is 1.72. The van der Waals surface area contributed by atoms with Gasteiger partial charge < -0.3 is 0 Å². The quantitative estimate of drug-likeness (QED) is 0.386. The van der Waals surface area contributed by atoms with Crippen molar-refractivity contribution in [3.8, 4) is 0 Å². The molecule has 0 fully saturated rings. The predicted octanol–water partition coefficient (Wildman–Crippen LogP) is 0.544. The summed E-state index contributed by atoms with van der Waals surface area (Å²) in [5.74, 6) is -0.00617. The average molecular weight is 133 g/mol. The van der Waals surface area contributed by atoms with E-state index in [2.05, 4.69) is 17.0 Å². The molecular formula is C3H3NOS2. The fourth-order valence-electron chi connectivity index (χ4n) is 0.256. The maximum Gasteiger partial charge on any atom is 0.199 e. The normalized spacial score (nSPS) is 29.3. The summed E-state index contributed by atoms with van der Waals surface area (Å²) in [7, 11) is 0. The van der Waals surface area contributed by atoms with Gasteiger partial charge in [-0.15, -0.1) is 0 Å². The topological polar surface area (TPSA) is 29.4 Å². The van der Waals surface area contributed by atoms with E-state index >= 15 is 0 Å². The van der Waals surface area contributed by atoms with Crippen molar-refractivity contribution in [1.29, 1.82) is 0 Å². The third kappa shape index (κ3) is 0.978. The summed E-state index contributed by atoms with van der Waals surface area (Å²) in [6.07, 6.45) is 1.29. The van der Waals surface area contributed by atoms with E-state index in [-0.39, 0.29) is 10.4 Å². The number of carbonyl (C=O) groups excluding carboxylic acids is 1. The molecule has 7 heavy (non-hydrogen) atoms. The zero-order chi connectivity index (χ0) is 5.28. The summed E-state index contributed by atoms with van der Waals surface area (Å²) in [6.45, 7) is 0. The van der Waals surface area contributed by atoms with Crippen molar-refractivity contribution in [2.24, 2.45) is 4.40 Å². The zero-order valence-electron chi connectivity index (χ0n) is 3.37. The molecule has 0 saturated heterocycles. The first-order valence-corrected chi connectivity index (χ1v) is 3.07. The Morgan fingerprint density at radius 2 is 2.71 bits per heavy atom. The van der Waals surface area contributed by atoms with Crippen LogP contribution >= 0.6 is 24.6 Å². The molecule has 0 aromatic rings. The number of thiol groups is 1. The number of carbonyl (C=O) groups is 1. The summed E-state index contributed by atoms with van der Waals surface area (Å²) >= 11 is 5.07. The molecule has 4 heteroatoms. The molecule has 0 aromatic carbocycles. The summed E-state index contributed by atoms with van der Waals surface area (Å²) in [6, 6.07) is 0. The fourth-order valence-corrected chi connectivity index (χ4v) is 0.930. The number of hydrogen-bond donors (Lipinski definition) is 1. The lowest BCUT2D eigenvalue weighted by Gasteiger charge is -1.87. The lowest BCUT2D eigenvalue weighted by molar-refractivity contribution is -0.110. The minimum absolute atomic E-state index is 0.00617. The molecule has 38 valence electrons. The van der Waals surface area contributed by atoms with Gasteiger partial charge in [0.1, 0.15) is 4.58 Å². The van der Waals surface area contributed by atoms with Gasteiger partial charge in [0.25, 0.3) is 0 Å². The van der Waals surface area contributed by atoms with Gasteiger partial charge in [-0.2, -0.15) is 12.6 Å². The Bertz CT molecular complexity index is 122. The van der Waals surface area contributed by atoms with Gasteiger partial charge >= 0.3 is 0 Å². The van der Waals surface area contributed by atoms with E-state index in [1.807, 2.05) is 0 Å². The molecule has 1 heterocycles. The van der Waals surface area contributed by atoms with Crippen molar-refractivity contribution < 1.29 is 4.79 Å². The molecule has 1 aliphatic heterocycles. The van der Waals surface area contributed by atoms with E-state index in [4.69, 9.17) is 0 Å². The van der Waals surface area contributed by atoms with Crippen LogP contribution in [0.2, 0.25) is 0 Å². The first-order chi connectivity index (χ1) is 3.30. The van der Waals surface area contributed by atoms with Crippen LogP contribution in [-0.2, 0) is 4.79 Å². The molecule has 0 spiro atoms. The molecule has 1 atom stereocenters. The van der Waals surface area contributed by atoms with E-state index in [1.165, 1.54) is 18.2 Å². The highest BCUT2D eigenvalue weighted by atomic mass is 32.2. The highest BCUT2D eigenvalue weighted by molar-refractivity contribution is 8.11. The van der Waals surface area contributed by atoms with E-state index in [0.717, 1.165) is 0 Å². The number of ketones is 1. The Morgan fingerprint density at radius 1 is 2.00 bits per heavy atom. The van der Waals surface area contributed by atoms with Crippen molar-refractivity contribution in [3.05, 3.63) is 0 Å². The van der Waals surface area contributed by atoms with Crippen LogP contribution in [0.3, 0.4) is 0 Å². The van der Waals surface area contributed by atoms with Crippen LogP contribution in [0.15, 0.2) is 4.40 Å². The van der Waals surface area contributed by atoms with Gasteiger partial charge in [0.15, 0.2) is 5.78 Å². The van der Waals surface area contributed by atoms with Crippen LogP contribution in [0.5, 0.6) is 0 Å². The van der Waals surface area contributed by atoms with Crippen molar-refractivity contribution in [3.63, 3.8) is 0 Å². The molecule has 0 bridgehead atoms. The van der Waals surface area contributed by atoms with Crippen LogP contribution < -0.4 is 0 Å². The van der Waals surface area contributed by atoms with E-state index in [9.17, 15) is 4.79 Å². The fraction of sp³-hybridized carbons (Fsp3) is 0.333. The lowest BCUT2D eigenvalue weighted by Crippen LogP contribution is -2.04. The van der Waals surface area contributed by atoms with Crippen molar-refractivity contribution >= 4 is 36.6 Å². The summed E-state index contributed by atoms with van der Waals surface area (Å²) < 4.78 is 3.38. The Morgan fingerprint density at radius 3 is 2.86 bits per heavy atom.